The molecule has 0 fully saturated rings. The van der Waals surface area contributed by atoms with Crippen LogP contribution in [0.4, 0.5) is 34.1 Å². The molecule has 400 valence electrons. The van der Waals surface area contributed by atoms with Crippen LogP contribution in [0, 0.1) is 52.3 Å². The van der Waals surface area contributed by atoms with Gasteiger partial charge in [0, 0.05) is 44.7 Å². The van der Waals surface area contributed by atoms with Crippen LogP contribution in [-0.2, 0) is 65.4 Å². The van der Waals surface area contributed by atoms with Crippen molar-refractivity contribution in [3.8, 4) is 0 Å². The van der Waals surface area contributed by atoms with Gasteiger partial charge in [-0.25, -0.2) is 0 Å². The van der Waals surface area contributed by atoms with Crippen molar-refractivity contribution in [1.29, 1.82) is 0 Å². The predicted molar refractivity (Wildman–Crippen MR) is 279 cm³/mol. The summed E-state index contributed by atoms with van der Waals surface area (Å²) in [5.41, 5.74) is -4.17. The zero-order valence-corrected chi connectivity index (χ0v) is 42.7. The lowest BCUT2D eigenvalue weighted by atomic mass is 9.59. The van der Waals surface area contributed by atoms with Crippen LogP contribution in [0.15, 0.2) is 121 Å². The van der Waals surface area contributed by atoms with Crippen molar-refractivity contribution in [3.05, 3.63) is 216 Å². The van der Waals surface area contributed by atoms with Crippen LogP contribution in [0.1, 0.15) is 70.6 Å². The summed E-state index contributed by atoms with van der Waals surface area (Å²) in [4.78, 5) is 103. The van der Waals surface area contributed by atoms with Crippen molar-refractivity contribution in [3.63, 3.8) is 0 Å². The average Bonchev–Trinajstić information content (AvgIpc) is 3.51. The summed E-state index contributed by atoms with van der Waals surface area (Å²) < 4.78 is 10.6. The fraction of sp³-hybridized carbons (Fsp3) is 0.259. The van der Waals surface area contributed by atoms with Gasteiger partial charge in [-0.2, -0.15) is 0 Å². The van der Waals surface area contributed by atoms with Gasteiger partial charge in [0.15, 0.2) is 0 Å². The number of aliphatic hydroxyl groups excluding tert-OH is 2. The Balaban J connectivity index is 0.000000190. The monoisotopic (exact) mass is 1100 g/mol. The molecule has 2 aliphatic carbocycles. The number of nitrogens with zero attached hydrogens (tertiary/aromatic N) is 6. The Morgan fingerprint density at radius 2 is 0.923 bits per heavy atom. The Morgan fingerprint density at radius 1 is 0.564 bits per heavy atom. The van der Waals surface area contributed by atoms with Crippen LogP contribution in [0.25, 0.3) is 0 Å². The number of amides is 2. The van der Waals surface area contributed by atoms with Crippen LogP contribution >= 0.6 is 23.2 Å². The molecule has 0 radical (unpaired) electrons. The van der Waals surface area contributed by atoms with Gasteiger partial charge in [0.1, 0.15) is 10.8 Å². The van der Waals surface area contributed by atoms with Crippen LogP contribution in [-0.4, -0.2) is 66.9 Å². The van der Waals surface area contributed by atoms with Crippen molar-refractivity contribution >= 4 is 81.1 Å². The van der Waals surface area contributed by atoms with Gasteiger partial charge in [0.05, 0.1) is 82.2 Å². The molecule has 78 heavy (non-hydrogen) atoms. The average molecular weight is 1100 g/mol. The Bertz CT molecular complexity index is 3290. The number of non-ortho nitro benzene ring substituents is 2. The van der Waals surface area contributed by atoms with E-state index in [-0.39, 0.29) is 82.6 Å². The molecule has 2 spiro atoms. The minimum Gasteiger partial charge on any atom is -0.466 e. The molecule has 2 amide bonds. The van der Waals surface area contributed by atoms with Gasteiger partial charge in [-0.3, -0.25) is 59.6 Å². The third-order valence-electron chi connectivity index (χ3n) is 14.8. The number of nitro groups is 4. The van der Waals surface area contributed by atoms with E-state index < -0.39 is 101 Å². The molecule has 4 aliphatic rings. The minimum absolute atomic E-state index is 0.0406. The van der Waals surface area contributed by atoms with Gasteiger partial charge in [0.2, 0.25) is 11.8 Å². The molecule has 0 bridgehead atoms. The number of anilines is 2. The van der Waals surface area contributed by atoms with E-state index in [1.165, 1.54) is 21.9 Å². The second kappa shape index (κ2) is 21.0. The molecule has 10 rings (SSSR count). The minimum atomic E-state index is -2.00. The molecule has 6 aromatic carbocycles. The van der Waals surface area contributed by atoms with Crippen LogP contribution in [0.2, 0.25) is 10.0 Å². The number of ether oxygens (including phenoxy) is 2. The quantitative estimate of drug-likeness (QED) is 0.0657. The number of carbonyl (C=O) groups is 4. The normalized spacial score (nSPS) is 21.4. The molecule has 2 heterocycles. The maximum absolute atomic E-state index is 14.5. The lowest BCUT2D eigenvalue weighted by Crippen LogP contribution is -2.55. The van der Waals surface area contributed by atoms with E-state index in [0.717, 1.165) is 35.4 Å². The highest BCUT2D eigenvalue weighted by Crippen LogP contribution is 2.61. The third-order valence-corrected chi connectivity index (χ3v) is 15.2. The van der Waals surface area contributed by atoms with Gasteiger partial charge in [-0.05, 0) is 96.5 Å². The Hall–Kier alpha value is -8.70. The van der Waals surface area contributed by atoms with Crippen LogP contribution in [0.5, 0.6) is 0 Å². The summed E-state index contributed by atoms with van der Waals surface area (Å²) in [7, 11) is 0. The fourth-order valence-corrected chi connectivity index (χ4v) is 11.9. The summed E-state index contributed by atoms with van der Waals surface area (Å²) >= 11 is 12.7. The first kappa shape index (κ1) is 54.1. The molecule has 0 aromatic heterocycles. The highest BCUT2D eigenvalue weighted by atomic mass is 35.5. The number of nitro benzene ring substituents is 4. The lowest BCUT2D eigenvalue weighted by molar-refractivity contribution is -0.395. The molecule has 22 nitrogen and oxygen atoms in total. The van der Waals surface area contributed by atoms with Crippen LogP contribution < -0.4 is 9.80 Å². The van der Waals surface area contributed by atoms with E-state index in [2.05, 4.69) is 0 Å². The molecular formula is C54H44Cl2N6O16. The van der Waals surface area contributed by atoms with Gasteiger partial charge in [0.25, 0.3) is 22.7 Å². The zero-order chi connectivity index (χ0) is 56.1. The van der Waals surface area contributed by atoms with Gasteiger partial charge in [-0.15, -0.1) is 0 Å². The fourth-order valence-electron chi connectivity index (χ4n) is 11.5. The number of benzene rings is 6. The molecule has 24 heteroatoms. The Kier molecular flexibility index (Phi) is 14.6. The molecule has 2 aliphatic heterocycles. The summed E-state index contributed by atoms with van der Waals surface area (Å²) in [6, 6.07) is 31.1. The standard InChI is InChI=1S/2C27H22ClN3O8/c2*1-2-39-25(33)21-13-18-19(11-17(30(35)36)12-23(18)31(37)38)24(32)27(21)20-10-16(28)8-9-22(20)29(26(27)34)14-15-6-4-3-5-7-15/h2*3-12,21,24,32H,2,13-14H2,1H3/t2*21-,24+,27-/m11/s1. The smallest absolute Gasteiger partial charge is 0.310 e. The number of hydrogen-bond donors (Lipinski definition) is 2. The Labute approximate surface area is 451 Å². The summed E-state index contributed by atoms with van der Waals surface area (Å²) in [6.45, 7) is 3.27. The molecule has 6 aromatic rings. The number of esters is 2. The third kappa shape index (κ3) is 8.80. The van der Waals surface area contributed by atoms with E-state index in [9.17, 15) is 69.8 Å². The molecule has 6 atom stereocenters. The number of fused-ring (bicyclic) bond motifs is 6. The van der Waals surface area contributed by atoms with Gasteiger partial charge in [-0.1, -0.05) is 83.9 Å². The molecular weight excluding hydrogens is 1060 g/mol. The van der Waals surface area contributed by atoms with E-state index in [1.807, 2.05) is 36.4 Å². The van der Waals surface area contributed by atoms with Crippen molar-refractivity contribution in [2.45, 2.75) is 62.8 Å². The van der Waals surface area contributed by atoms with Crippen molar-refractivity contribution in [2.24, 2.45) is 11.8 Å². The SMILES string of the molecule is CCOC(=O)[C@H]1Cc2c(cc([N+](=O)[O-])cc2[N+](=O)[O-])[C@H](O)[C@]12C(=O)N(Cc1ccccc1)c1ccc(Cl)cc12.CCOC(=O)[C@H]1Cc2c(cc([N+](=O)[O-])cc2[N+](=O)[O-])[C@H](O)[C@]12C(=O)N(Cc1ccccc1)c1ccc(Cl)cc12. The maximum Gasteiger partial charge on any atom is 0.310 e. The summed E-state index contributed by atoms with van der Waals surface area (Å²) in [5, 5.41) is 71.5. The van der Waals surface area contributed by atoms with E-state index in [1.54, 1.807) is 62.4 Å². The van der Waals surface area contributed by atoms with E-state index >= 15 is 0 Å². The number of rotatable bonds is 12. The second-order valence-electron chi connectivity index (χ2n) is 18.7. The predicted octanol–water partition coefficient (Wildman–Crippen LogP) is 8.82. The number of halogens is 2. The maximum atomic E-state index is 14.5. The first-order chi connectivity index (χ1) is 37.2. The zero-order valence-electron chi connectivity index (χ0n) is 41.1. The number of carbonyl (C=O) groups excluding carboxylic acids is 4. The highest BCUT2D eigenvalue weighted by molar-refractivity contribution is 6.31. The largest absolute Gasteiger partial charge is 0.466 e. The molecule has 2 N–H and O–H groups in total. The number of aliphatic hydroxyl groups is 2. The van der Waals surface area contributed by atoms with Crippen molar-refractivity contribution < 1.29 is 58.6 Å². The van der Waals surface area contributed by atoms with E-state index in [4.69, 9.17) is 32.7 Å². The first-order valence-corrected chi connectivity index (χ1v) is 24.9. The van der Waals surface area contributed by atoms with Gasteiger partial charge >= 0.3 is 11.9 Å². The molecule has 0 unspecified atom stereocenters. The molecule has 0 saturated heterocycles. The lowest BCUT2D eigenvalue weighted by Gasteiger charge is -2.43. The summed E-state index contributed by atoms with van der Waals surface area (Å²) in [6.07, 6.45) is -4.45. The van der Waals surface area contributed by atoms with Gasteiger partial charge < -0.3 is 29.5 Å². The highest BCUT2D eigenvalue weighted by Gasteiger charge is 2.67. The van der Waals surface area contributed by atoms with Crippen LogP contribution in [0.3, 0.4) is 0 Å². The Morgan fingerprint density at radius 3 is 1.24 bits per heavy atom. The summed E-state index contributed by atoms with van der Waals surface area (Å²) in [5.74, 6) is -5.73. The number of hydrogen-bond acceptors (Lipinski definition) is 16. The van der Waals surface area contributed by atoms with E-state index in [0.29, 0.717) is 11.4 Å². The van der Waals surface area contributed by atoms with Crippen molar-refractivity contribution in [2.75, 3.05) is 23.0 Å². The van der Waals surface area contributed by atoms with Crippen molar-refractivity contribution in [1.82, 2.24) is 0 Å². The first-order valence-electron chi connectivity index (χ1n) is 24.1. The second-order valence-corrected chi connectivity index (χ2v) is 19.6. The molecule has 0 saturated carbocycles. The topological polar surface area (TPSA) is 306 Å².